The van der Waals surface area contributed by atoms with Gasteiger partial charge in [0.2, 0.25) is 5.91 Å². The van der Waals surface area contributed by atoms with Crippen LogP contribution in [0.2, 0.25) is 0 Å². The van der Waals surface area contributed by atoms with Crippen LogP contribution >= 0.6 is 0 Å². The summed E-state index contributed by atoms with van der Waals surface area (Å²) >= 11 is 0. The fourth-order valence-corrected chi connectivity index (χ4v) is 1.99. The van der Waals surface area contributed by atoms with Crippen molar-refractivity contribution in [1.82, 2.24) is 4.98 Å². The fraction of sp³-hybridized carbons (Fsp3) is 0.286. The Morgan fingerprint density at radius 3 is 2.71 bits per heavy atom. The average Bonchev–Trinajstić information content (AvgIpc) is 2.30. The Labute approximate surface area is 101 Å². The van der Waals surface area contributed by atoms with E-state index in [-0.39, 0.29) is 17.7 Å². The Bertz CT molecular complexity index is 462. The molecule has 17 heavy (non-hydrogen) atoms. The number of nitrogens with one attached hydrogen (secondary N) is 1. The van der Waals surface area contributed by atoms with E-state index >= 15 is 0 Å². The molecule has 0 saturated carbocycles. The molecule has 0 aromatic carbocycles. The van der Waals surface area contributed by atoms with Crippen molar-refractivity contribution < 1.29 is 4.79 Å². The smallest absolute Gasteiger partial charge is 0.231 e. The highest BCUT2D eigenvalue weighted by Crippen LogP contribution is 2.23. The first kappa shape index (κ1) is 11.6. The summed E-state index contributed by atoms with van der Waals surface area (Å²) in [6.45, 7) is 4.10. The topological polar surface area (TPSA) is 42.0 Å². The van der Waals surface area contributed by atoms with Gasteiger partial charge >= 0.3 is 0 Å². The summed E-state index contributed by atoms with van der Waals surface area (Å²) in [6.07, 6.45) is 9.42. The van der Waals surface area contributed by atoms with Gasteiger partial charge in [-0.1, -0.05) is 30.7 Å². The lowest BCUT2D eigenvalue weighted by Crippen LogP contribution is -2.27. The van der Waals surface area contributed by atoms with Crippen LogP contribution in [0.4, 0.5) is 5.69 Å². The van der Waals surface area contributed by atoms with Crippen LogP contribution in [0.3, 0.4) is 0 Å². The molecule has 2 unspecified atom stereocenters. The molecule has 3 nitrogen and oxygen atoms in total. The minimum absolute atomic E-state index is 0.0312. The van der Waals surface area contributed by atoms with Crippen LogP contribution in [0.1, 0.15) is 13.8 Å². The van der Waals surface area contributed by atoms with Crippen molar-refractivity contribution in [3.63, 3.8) is 0 Å². The number of allylic oxidation sites excluding steroid dienone is 3. The number of aromatic nitrogens is 1. The van der Waals surface area contributed by atoms with E-state index in [1.54, 1.807) is 24.5 Å². The molecular formula is C14H16N2O. The average molecular weight is 228 g/mol. The molecule has 1 aliphatic rings. The number of anilines is 1. The summed E-state index contributed by atoms with van der Waals surface area (Å²) in [5.74, 6) is 0.178. The number of carbonyl (C=O) groups is 1. The molecule has 1 amide bonds. The van der Waals surface area contributed by atoms with Gasteiger partial charge in [-0.25, -0.2) is 0 Å². The second kappa shape index (κ2) is 4.95. The number of nitrogens with zero attached hydrogens (tertiary/aromatic N) is 1. The fourth-order valence-electron chi connectivity index (χ4n) is 1.99. The van der Waals surface area contributed by atoms with E-state index in [1.807, 2.05) is 19.1 Å². The third-order valence-corrected chi connectivity index (χ3v) is 2.91. The number of hydrogen-bond acceptors (Lipinski definition) is 2. The molecule has 0 radical (unpaired) electrons. The lowest BCUT2D eigenvalue weighted by molar-refractivity contribution is -0.119. The van der Waals surface area contributed by atoms with Gasteiger partial charge in [0.05, 0.1) is 5.92 Å². The molecule has 1 aromatic heterocycles. The highest BCUT2D eigenvalue weighted by molar-refractivity contribution is 5.94. The van der Waals surface area contributed by atoms with Crippen LogP contribution in [0.25, 0.3) is 0 Å². The molecule has 1 heterocycles. The maximum Gasteiger partial charge on any atom is 0.231 e. The van der Waals surface area contributed by atoms with Crippen LogP contribution in [0, 0.1) is 11.8 Å². The SMILES string of the molecule is CC1=CC(C)C(C(=O)Nc2ccncc2)C=C1. The Kier molecular flexibility index (Phi) is 3.38. The predicted molar refractivity (Wildman–Crippen MR) is 68.4 cm³/mol. The minimum atomic E-state index is -0.0909. The normalized spacial score (nSPS) is 23.1. The highest BCUT2D eigenvalue weighted by atomic mass is 16.1. The molecule has 2 atom stereocenters. The van der Waals surface area contributed by atoms with Gasteiger partial charge in [-0.05, 0) is 25.0 Å². The molecule has 0 spiro atoms. The van der Waals surface area contributed by atoms with Crippen molar-refractivity contribution >= 4 is 11.6 Å². The zero-order chi connectivity index (χ0) is 12.3. The number of rotatable bonds is 2. The van der Waals surface area contributed by atoms with E-state index in [0.717, 1.165) is 5.69 Å². The maximum atomic E-state index is 12.1. The third-order valence-electron chi connectivity index (χ3n) is 2.91. The third kappa shape index (κ3) is 2.81. The molecule has 0 aliphatic heterocycles. The molecule has 1 N–H and O–H groups in total. The number of hydrogen-bond donors (Lipinski definition) is 1. The molecule has 3 heteroatoms. The molecule has 2 rings (SSSR count). The van der Waals surface area contributed by atoms with Crippen molar-refractivity contribution in [2.24, 2.45) is 11.8 Å². The van der Waals surface area contributed by atoms with Gasteiger partial charge in [-0.15, -0.1) is 0 Å². The van der Waals surface area contributed by atoms with Gasteiger partial charge in [0.15, 0.2) is 0 Å². The standard InChI is InChI=1S/C14H16N2O/c1-10-3-4-13(11(2)9-10)14(17)16-12-5-7-15-8-6-12/h3-9,11,13H,1-2H3,(H,15,16,17). The van der Waals surface area contributed by atoms with Gasteiger partial charge in [0.25, 0.3) is 0 Å². The first-order valence-corrected chi connectivity index (χ1v) is 5.74. The Morgan fingerprint density at radius 2 is 2.06 bits per heavy atom. The van der Waals surface area contributed by atoms with Crippen molar-refractivity contribution in [1.29, 1.82) is 0 Å². The number of pyridine rings is 1. The summed E-state index contributed by atoms with van der Waals surface area (Å²) in [6, 6.07) is 3.58. The summed E-state index contributed by atoms with van der Waals surface area (Å²) in [7, 11) is 0. The van der Waals surface area contributed by atoms with Crippen molar-refractivity contribution in [2.45, 2.75) is 13.8 Å². The molecule has 1 aromatic rings. The lowest BCUT2D eigenvalue weighted by atomic mass is 9.87. The first-order chi connectivity index (χ1) is 8.16. The molecule has 0 fully saturated rings. The second-order valence-corrected chi connectivity index (χ2v) is 4.38. The largest absolute Gasteiger partial charge is 0.325 e. The first-order valence-electron chi connectivity index (χ1n) is 5.74. The maximum absolute atomic E-state index is 12.1. The number of amides is 1. The van der Waals surface area contributed by atoms with E-state index in [2.05, 4.69) is 23.3 Å². The van der Waals surface area contributed by atoms with Crippen LogP contribution in [0.5, 0.6) is 0 Å². The predicted octanol–water partition coefficient (Wildman–Crippen LogP) is 2.79. The van der Waals surface area contributed by atoms with Crippen LogP contribution in [-0.2, 0) is 4.79 Å². The van der Waals surface area contributed by atoms with Crippen LogP contribution < -0.4 is 5.32 Å². The Hall–Kier alpha value is -1.90. The van der Waals surface area contributed by atoms with Crippen LogP contribution in [-0.4, -0.2) is 10.9 Å². The van der Waals surface area contributed by atoms with Gasteiger partial charge in [-0.2, -0.15) is 0 Å². The van der Waals surface area contributed by atoms with E-state index in [1.165, 1.54) is 5.57 Å². The quantitative estimate of drug-likeness (QED) is 0.845. The van der Waals surface area contributed by atoms with E-state index in [9.17, 15) is 4.79 Å². The van der Waals surface area contributed by atoms with Gasteiger partial charge in [0, 0.05) is 18.1 Å². The summed E-state index contributed by atoms with van der Waals surface area (Å²) in [5.41, 5.74) is 2.00. The molecule has 0 bridgehead atoms. The van der Waals surface area contributed by atoms with Gasteiger partial charge in [-0.3, -0.25) is 9.78 Å². The van der Waals surface area contributed by atoms with Crippen molar-refractivity contribution in [3.8, 4) is 0 Å². The second-order valence-electron chi connectivity index (χ2n) is 4.38. The summed E-state index contributed by atoms with van der Waals surface area (Å²) < 4.78 is 0. The zero-order valence-corrected chi connectivity index (χ0v) is 10.1. The van der Waals surface area contributed by atoms with Crippen LogP contribution in [0.15, 0.2) is 48.3 Å². The van der Waals surface area contributed by atoms with Crippen molar-refractivity contribution in [3.05, 3.63) is 48.3 Å². The Morgan fingerprint density at radius 1 is 1.35 bits per heavy atom. The summed E-state index contributed by atoms with van der Waals surface area (Å²) in [5, 5.41) is 2.90. The molecule has 1 aliphatic carbocycles. The van der Waals surface area contributed by atoms with Gasteiger partial charge < -0.3 is 5.32 Å². The van der Waals surface area contributed by atoms with E-state index in [0.29, 0.717) is 0 Å². The number of carbonyl (C=O) groups excluding carboxylic acids is 1. The van der Waals surface area contributed by atoms with Gasteiger partial charge in [0.1, 0.15) is 0 Å². The molecular weight excluding hydrogens is 212 g/mol. The van der Waals surface area contributed by atoms with E-state index in [4.69, 9.17) is 0 Å². The molecule has 0 saturated heterocycles. The lowest BCUT2D eigenvalue weighted by Gasteiger charge is -2.21. The zero-order valence-electron chi connectivity index (χ0n) is 10.1. The van der Waals surface area contributed by atoms with Crippen molar-refractivity contribution in [2.75, 3.05) is 5.32 Å². The van der Waals surface area contributed by atoms with E-state index < -0.39 is 0 Å². The Balaban J connectivity index is 2.05. The summed E-state index contributed by atoms with van der Waals surface area (Å²) in [4.78, 5) is 16.0. The minimum Gasteiger partial charge on any atom is -0.325 e. The monoisotopic (exact) mass is 228 g/mol. The molecule has 88 valence electrons. The highest BCUT2D eigenvalue weighted by Gasteiger charge is 2.23.